The summed E-state index contributed by atoms with van der Waals surface area (Å²) in [7, 11) is 3.35. The van der Waals surface area contributed by atoms with Crippen LogP contribution in [-0.2, 0) is 13.0 Å². The second kappa shape index (κ2) is 7.17. The Labute approximate surface area is 152 Å². The third-order valence-corrected chi connectivity index (χ3v) is 4.90. The van der Waals surface area contributed by atoms with E-state index in [9.17, 15) is 0 Å². The topological polar surface area (TPSA) is 63.3 Å². The van der Waals surface area contributed by atoms with Crippen molar-refractivity contribution in [1.29, 1.82) is 0 Å². The zero-order chi connectivity index (χ0) is 17.9. The number of methoxy groups -OCH3 is 2. The molecule has 0 saturated carbocycles. The third kappa shape index (κ3) is 3.04. The summed E-state index contributed by atoms with van der Waals surface area (Å²) in [6.45, 7) is 1.74. The molecule has 2 aromatic heterocycles. The highest BCUT2D eigenvalue weighted by molar-refractivity contribution is 5.51. The Morgan fingerprint density at radius 3 is 2.69 bits per heavy atom. The van der Waals surface area contributed by atoms with Crippen LogP contribution in [0.3, 0.4) is 0 Å². The summed E-state index contributed by atoms with van der Waals surface area (Å²) in [5.41, 5.74) is 4.79. The molecule has 1 N–H and O–H groups in total. The smallest absolute Gasteiger partial charge is 0.161 e. The van der Waals surface area contributed by atoms with Gasteiger partial charge in [-0.1, -0.05) is 6.07 Å². The average Bonchev–Trinajstić information content (AvgIpc) is 3.20. The van der Waals surface area contributed by atoms with Gasteiger partial charge >= 0.3 is 0 Å². The summed E-state index contributed by atoms with van der Waals surface area (Å²) in [5.74, 6) is 1.53. The number of ether oxygens (including phenoxy) is 2. The van der Waals surface area contributed by atoms with E-state index < -0.39 is 0 Å². The van der Waals surface area contributed by atoms with E-state index in [0.717, 1.165) is 36.7 Å². The number of rotatable bonds is 5. The Morgan fingerprint density at radius 1 is 1.15 bits per heavy atom. The SMILES string of the molecule is COc1cc2c(cc1OC)[C@H](c1cccnc1)N(Cc1cnc[nH]1)CC2. The van der Waals surface area contributed by atoms with E-state index in [2.05, 4.69) is 38.1 Å². The molecule has 1 atom stereocenters. The zero-order valence-corrected chi connectivity index (χ0v) is 15.0. The van der Waals surface area contributed by atoms with Gasteiger partial charge in [-0.2, -0.15) is 0 Å². The molecule has 0 radical (unpaired) electrons. The molecule has 1 aromatic carbocycles. The van der Waals surface area contributed by atoms with Gasteiger partial charge in [-0.25, -0.2) is 4.98 Å². The van der Waals surface area contributed by atoms with Gasteiger partial charge in [0, 0.05) is 37.4 Å². The fourth-order valence-electron chi connectivity index (χ4n) is 3.69. The van der Waals surface area contributed by atoms with Crippen LogP contribution >= 0.6 is 0 Å². The number of hydrogen-bond acceptors (Lipinski definition) is 5. The number of fused-ring (bicyclic) bond motifs is 1. The lowest BCUT2D eigenvalue weighted by atomic mass is 9.88. The monoisotopic (exact) mass is 350 g/mol. The van der Waals surface area contributed by atoms with Crippen molar-refractivity contribution in [2.45, 2.75) is 19.0 Å². The quantitative estimate of drug-likeness (QED) is 0.766. The summed E-state index contributed by atoms with van der Waals surface area (Å²) in [4.78, 5) is 14.1. The molecule has 3 aromatic rings. The van der Waals surface area contributed by atoms with Crippen molar-refractivity contribution >= 4 is 0 Å². The Kier molecular flexibility index (Phi) is 4.58. The van der Waals surface area contributed by atoms with Crippen LogP contribution in [-0.4, -0.2) is 40.6 Å². The number of nitrogens with zero attached hydrogens (tertiary/aromatic N) is 3. The molecule has 0 amide bonds. The van der Waals surface area contributed by atoms with Crippen molar-refractivity contribution < 1.29 is 9.47 Å². The van der Waals surface area contributed by atoms with E-state index in [4.69, 9.17) is 9.47 Å². The number of aromatic nitrogens is 3. The van der Waals surface area contributed by atoms with Crippen molar-refractivity contribution in [3.63, 3.8) is 0 Å². The number of H-pyrrole nitrogens is 1. The van der Waals surface area contributed by atoms with E-state index in [1.807, 2.05) is 18.5 Å². The lowest BCUT2D eigenvalue weighted by molar-refractivity contribution is 0.201. The normalized spacial score (nSPS) is 16.9. The molecule has 0 fully saturated rings. The second-order valence-corrected chi connectivity index (χ2v) is 6.39. The molecule has 3 heterocycles. The second-order valence-electron chi connectivity index (χ2n) is 6.39. The van der Waals surface area contributed by atoms with E-state index in [1.165, 1.54) is 16.7 Å². The van der Waals surface area contributed by atoms with Crippen LogP contribution in [0, 0.1) is 0 Å². The van der Waals surface area contributed by atoms with Crippen LogP contribution in [0.25, 0.3) is 0 Å². The zero-order valence-electron chi connectivity index (χ0n) is 15.0. The van der Waals surface area contributed by atoms with E-state index in [1.54, 1.807) is 26.7 Å². The highest BCUT2D eigenvalue weighted by Gasteiger charge is 2.30. The van der Waals surface area contributed by atoms with Crippen LogP contribution in [0.15, 0.2) is 49.2 Å². The first kappa shape index (κ1) is 16.6. The standard InChI is InChI=1S/C20H22N4O2/c1-25-18-8-14-5-7-24(12-16-11-22-13-23-16)20(15-4-3-6-21-10-15)17(14)9-19(18)26-2/h3-4,6,8-11,13,20H,5,7,12H2,1-2H3,(H,22,23)/t20-/m0/s1. The van der Waals surface area contributed by atoms with Gasteiger partial charge in [0.15, 0.2) is 11.5 Å². The van der Waals surface area contributed by atoms with E-state index >= 15 is 0 Å². The minimum atomic E-state index is 0.107. The van der Waals surface area contributed by atoms with Crippen molar-refractivity contribution in [2.75, 3.05) is 20.8 Å². The first-order valence-corrected chi connectivity index (χ1v) is 8.66. The fraction of sp³-hybridized carbons (Fsp3) is 0.300. The first-order chi connectivity index (χ1) is 12.8. The number of aromatic amines is 1. The molecule has 0 bridgehead atoms. The molecule has 6 heteroatoms. The third-order valence-electron chi connectivity index (χ3n) is 4.90. The molecule has 4 rings (SSSR count). The number of hydrogen-bond donors (Lipinski definition) is 1. The van der Waals surface area contributed by atoms with Gasteiger partial charge in [0.1, 0.15) is 0 Å². The summed E-state index contributed by atoms with van der Waals surface area (Å²) in [6.07, 6.45) is 8.31. The molecule has 134 valence electrons. The van der Waals surface area contributed by atoms with Gasteiger partial charge in [0.25, 0.3) is 0 Å². The van der Waals surface area contributed by atoms with Crippen molar-refractivity contribution in [2.24, 2.45) is 0 Å². The molecule has 0 aliphatic carbocycles. The first-order valence-electron chi connectivity index (χ1n) is 8.66. The van der Waals surface area contributed by atoms with Gasteiger partial charge in [0.2, 0.25) is 0 Å². The Balaban J connectivity index is 1.80. The molecular formula is C20H22N4O2. The minimum absolute atomic E-state index is 0.107. The molecule has 26 heavy (non-hydrogen) atoms. The summed E-state index contributed by atoms with van der Waals surface area (Å²) >= 11 is 0. The largest absolute Gasteiger partial charge is 0.493 e. The highest BCUT2D eigenvalue weighted by atomic mass is 16.5. The molecule has 0 unspecified atom stereocenters. The molecule has 0 saturated heterocycles. The van der Waals surface area contributed by atoms with Crippen molar-refractivity contribution in [1.82, 2.24) is 19.9 Å². The van der Waals surface area contributed by atoms with Crippen LogP contribution in [0.2, 0.25) is 0 Å². The highest BCUT2D eigenvalue weighted by Crippen LogP contribution is 2.41. The molecular weight excluding hydrogens is 328 g/mol. The van der Waals surface area contributed by atoms with Crippen LogP contribution in [0.5, 0.6) is 11.5 Å². The Morgan fingerprint density at radius 2 is 2.00 bits per heavy atom. The number of benzene rings is 1. The molecule has 6 nitrogen and oxygen atoms in total. The Hall–Kier alpha value is -2.86. The van der Waals surface area contributed by atoms with Gasteiger partial charge < -0.3 is 14.5 Å². The van der Waals surface area contributed by atoms with Crippen molar-refractivity contribution in [3.8, 4) is 11.5 Å². The molecule has 1 aliphatic heterocycles. The van der Waals surface area contributed by atoms with Crippen LogP contribution in [0.1, 0.15) is 28.4 Å². The van der Waals surface area contributed by atoms with Gasteiger partial charge in [-0.05, 0) is 41.3 Å². The summed E-state index contributed by atoms with van der Waals surface area (Å²) < 4.78 is 11.0. The van der Waals surface area contributed by atoms with Crippen LogP contribution in [0.4, 0.5) is 0 Å². The average molecular weight is 350 g/mol. The van der Waals surface area contributed by atoms with E-state index in [0.29, 0.717) is 0 Å². The maximum atomic E-state index is 5.55. The van der Waals surface area contributed by atoms with Crippen molar-refractivity contribution in [3.05, 3.63) is 71.6 Å². The van der Waals surface area contributed by atoms with Gasteiger partial charge in [0.05, 0.1) is 26.6 Å². The summed E-state index contributed by atoms with van der Waals surface area (Å²) in [5, 5.41) is 0. The van der Waals surface area contributed by atoms with Gasteiger partial charge in [-0.3, -0.25) is 9.88 Å². The number of pyridine rings is 1. The predicted octanol–water partition coefficient (Wildman–Crippen LogP) is 2.97. The van der Waals surface area contributed by atoms with Crippen LogP contribution < -0.4 is 9.47 Å². The number of nitrogens with one attached hydrogen (secondary N) is 1. The minimum Gasteiger partial charge on any atom is -0.493 e. The fourth-order valence-corrected chi connectivity index (χ4v) is 3.69. The van der Waals surface area contributed by atoms with E-state index in [-0.39, 0.29) is 6.04 Å². The lowest BCUT2D eigenvalue weighted by Gasteiger charge is -2.37. The summed E-state index contributed by atoms with van der Waals surface area (Å²) in [6, 6.07) is 8.42. The maximum absolute atomic E-state index is 5.55. The Bertz CT molecular complexity index is 865. The predicted molar refractivity (Wildman–Crippen MR) is 98.3 cm³/mol. The maximum Gasteiger partial charge on any atom is 0.161 e. The molecule has 0 spiro atoms. The molecule has 1 aliphatic rings. The number of imidazole rings is 1. The lowest BCUT2D eigenvalue weighted by Crippen LogP contribution is -2.36. The van der Waals surface area contributed by atoms with Gasteiger partial charge in [-0.15, -0.1) is 0 Å².